The minimum Gasteiger partial charge on any atom is -0.493 e. The van der Waals surface area contributed by atoms with Crippen LogP contribution in [0.4, 0.5) is 0 Å². The van der Waals surface area contributed by atoms with E-state index in [1.807, 2.05) is 13.8 Å². The van der Waals surface area contributed by atoms with Gasteiger partial charge in [0.1, 0.15) is 5.75 Å². The molecule has 0 aliphatic rings. The lowest BCUT2D eigenvalue weighted by Gasteiger charge is -2.10. The molecule has 2 N–H and O–H groups in total. The van der Waals surface area contributed by atoms with Crippen LogP contribution in [-0.4, -0.2) is 31.0 Å². The van der Waals surface area contributed by atoms with Gasteiger partial charge in [0, 0.05) is 6.92 Å². The zero-order chi connectivity index (χ0) is 16.5. The molecule has 0 heterocycles. The molecule has 22 heavy (non-hydrogen) atoms. The van der Waals surface area contributed by atoms with E-state index in [4.69, 9.17) is 9.47 Å². The molecule has 7 nitrogen and oxygen atoms in total. The molecule has 1 aromatic carbocycles. The lowest BCUT2D eigenvalue weighted by Crippen LogP contribution is -2.42. The number of amides is 2. The molecule has 0 aliphatic heterocycles. The molecule has 0 saturated heterocycles. The molecule has 0 spiro atoms. The van der Waals surface area contributed by atoms with Crippen molar-refractivity contribution in [2.45, 2.75) is 20.8 Å². The number of hydrazine groups is 1. The highest BCUT2D eigenvalue weighted by Gasteiger charge is 2.11. The van der Waals surface area contributed by atoms with Crippen molar-refractivity contribution in [2.24, 2.45) is 5.92 Å². The molecule has 120 valence electrons. The summed E-state index contributed by atoms with van der Waals surface area (Å²) < 4.78 is 10.4. The Labute approximate surface area is 128 Å². The van der Waals surface area contributed by atoms with E-state index >= 15 is 0 Å². The molecule has 2 amide bonds. The summed E-state index contributed by atoms with van der Waals surface area (Å²) in [6.45, 7) is 5.33. The molecular weight excluding hydrogens is 288 g/mol. The van der Waals surface area contributed by atoms with Crippen LogP contribution < -0.4 is 15.6 Å². The minimum atomic E-state index is -0.645. The Bertz CT molecular complexity index is 542. The highest BCUT2D eigenvalue weighted by atomic mass is 16.5. The second-order valence-corrected chi connectivity index (χ2v) is 5.04. The molecule has 0 bridgehead atoms. The first-order valence-corrected chi connectivity index (χ1v) is 6.84. The summed E-state index contributed by atoms with van der Waals surface area (Å²) in [5, 5.41) is 0. The first-order chi connectivity index (χ1) is 10.4. The van der Waals surface area contributed by atoms with Crippen molar-refractivity contribution >= 4 is 17.8 Å². The summed E-state index contributed by atoms with van der Waals surface area (Å²) in [7, 11) is 0. The highest BCUT2D eigenvalue weighted by molar-refractivity contribution is 5.91. The van der Waals surface area contributed by atoms with Crippen molar-refractivity contribution in [3.63, 3.8) is 0 Å². The predicted octanol–water partition coefficient (Wildman–Crippen LogP) is 1.05. The Morgan fingerprint density at radius 2 is 1.91 bits per heavy atom. The summed E-state index contributed by atoms with van der Waals surface area (Å²) in [5.41, 5.74) is 4.47. The summed E-state index contributed by atoms with van der Waals surface area (Å²) in [6.07, 6.45) is 0. The average molecular weight is 308 g/mol. The number of esters is 1. The molecule has 0 atom stereocenters. The first kappa shape index (κ1) is 17.5. The fourth-order valence-electron chi connectivity index (χ4n) is 1.38. The van der Waals surface area contributed by atoms with Crippen LogP contribution in [-0.2, 0) is 14.3 Å². The van der Waals surface area contributed by atoms with Crippen molar-refractivity contribution < 1.29 is 23.9 Å². The molecule has 0 aliphatic carbocycles. The summed E-state index contributed by atoms with van der Waals surface area (Å²) in [4.78, 5) is 33.7. The quantitative estimate of drug-likeness (QED) is 0.605. The summed E-state index contributed by atoms with van der Waals surface area (Å²) in [6, 6.07) is 6.53. The van der Waals surface area contributed by atoms with Crippen LogP contribution >= 0.6 is 0 Å². The Hall–Kier alpha value is -2.57. The first-order valence-electron chi connectivity index (χ1n) is 6.84. The lowest BCUT2D eigenvalue weighted by atomic mass is 10.2. The molecule has 7 heteroatoms. The molecule has 0 radical (unpaired) electrons. The maximum Gasteiger partial charge on any atom is 0.338 e. The Morgan fingerprint density at radius 1 is 1.18 bits per heavy atom. The molecule has 1 rings (SSSR count). The number of ether oxygens (including phenoxy) is 2. The predicted molar refractivity (Wildman–Crippen MR) is 79.0 cm³/mol. The number of hydrogen-bond donors (Lipinski definition) is 2. The Kier molecular flexibility index (Phi) is 6.88. The maximum absolute atomic E-state index is 11.8. The second-order valence-electron chi connectivity index (χ2n) is 5.04. The smallest absolute Gasteiger partial charge is 0.338 e. The number of hydrogen-bond acceptors (Lipinski definition) is 5. The third-order valence-electron chi connectivity index (χ3n) is 2.37. The van der Waals surface area contributed by atoms with Gasteiger partial charge in [-0.25, -0.2) is 4.79 Å². The number of carbonyl (C=O) groups is 3. The van der Waals surface area contributed by atoms with Gasteiger partial charge in [-0.3, -0.25) is 20.4 Å². The SMILES string of the molecule is CC(=O)NNC(=O)COC(=O)c1cccc(OCC(C)C)c1. The van der Waals surface area contributed by atoms with Crippen molar-refractivity contribution in [3.8, 4) is 5.75 Å². The standard InChI is InChI=1S/C15H20N2O5/c1-10(2)8-21-13-6-4-5-12(7-13)15(20)22-9-14(19)17-16-11(3)18/h4-7,10H,8-9H2,1-3H3,(H,16,18)(H,17,19). The van der Waals surface area contributed by atoms with E-state index in [0.29, 0.717) is 18.3 Å². The van der Waals surface area contributed by atoms with Crippen LogP contribution in [0.3, 0.4) is 0 Å². The average Bonchev–Trinajstić information content (AvgIpc) is 2.48. The van der Waals surface area contributed by atoms with E-state index in [-0.39, 0.29) is 5.56 Å². The van der Waals surface area contributed by atoms with Gasteiger partial charge in [-0.2, -0.15) is 0 Å². The normalized spacial score (nSPS) is 10.0. The second kappa shape index (κ2) is 8.66. The fourth-order valence-corrected chi connectivity index (χ4v) is 1.38. The van der Waals surface area contributed by atoms with E-state index in [9.17, 15) is 14.4 Å². The summed E-state index contributed by atoms with van der Waals surface area (Å²) >= 11 is 0. The van der Waals surface area contributed by atoms with Crippen molar-refractivity contribution in [3.05, 3.63) is 29.8 Å². The monoisotopic (exact) mass is 308 g/mol. The van der Waals surface area contributed by atoms with Gasteiger partial charge in [0.15, 0.2) is 6.61 Å². The van der Waals surface area contributed by atoms with Gasteiger partial charge in [-0.15, -0.1) is 0 Å². The van der Waals surface area contributed by atoms with Crippen molar-refractivity contribution in [1.82, 2.24) is 10.9 Å². The van der Waals surface area contributed by atoms with Crippen molar-refractivity contribution in [1.29, 1.82) is 0 Å². The molecular formula is C15H20N2O5. The van der Waals surface area contributed by atoms with Gasteiger partial charge in [-0.1, -0.05) is 19.9 Å². The van der Waals surface area contributed by atoms with E-state index in [0.717, 1.165) is 0 Å². The largest absolute Gasteiger partial charge is 0.493 e. The van der Waals surface area contributed by atoms with Gasteiger partial charge in [0.05, 0.1) is 12.2 Å². The lowest BCUT2D eigenvalue weighted by molar-refractivity contribution is -0.129. The number of carbonyl (C=O) groups excluding carboxylic acids is 3. The van der Waals surface area contributed by atoms with E-state index in [2.05, 4.69) is 10.9 Å². The van der Waals surface area contributed by atoms with E-state index in [1.54, 1.807) is 24.3 Å². The summed E-state index contributed by atoms with van der Waals surface area (Å²) in [5.74, 6) is -0.766. The van der Waals surface area contributed by atoms with Crippen LogP contribution in [0.2, 0.25) is 0 Å². The molecule has 0 aromatic heterocycles. The third kappa shape index (κ3) is 6.74. The van der Waals surface area contributed by atoms with Crippen LogP contribution in [0.1, 0.15) is 31.1 Å². The molecule has 0 unspecified atom stereocenters. The highest BCUT2D eigenvalue weighted by Crippen LogP contribution is 2.15. The fraction of sp³-hybridized carbons (Fsp3) is 0.400. The zero-order valence-corrected chi connectivity index (χ0v) is 12.8. The molecule has 0 saturated carbocycles. The van der Waals surface area contributed by atoms with Gasteiger partial charge < -0.3 is 9.47 Å². The Balaban J connectivity index is 2.49. The maximum atomic E-state index is 11.8. The Morgan fingerprint density at radius 3 is 2.55 bits per heavy atom. The topological polar surface area (TPSA) is 93.7 Å². The van der Waals surface area contributed by atoms with Gasteiger partial charge in [0.2, 0.25) is 5.91 Å². The van der Waals surface area contributed by atoms with E-state index < -0.39 is 24.4 Å². The molecule has 0 fully saturated rings. The van der Waals surface area contributed by atoms with Crippen LogP contribution in [0.5, 0.6) is 5.75 Å². The van der Waals surface area contributed by atoms with Gasteiger partial charge in [-0.05, 0) is 24.1 Å². The zero-order valence-electron chi connectivity index (χ0n) is 12.8. The van der Waals surface area contributed by atoms with Crippen LogP contribution in [0.15, 0.2) is 24.3 Å². The number of nitrogens with one attached hydrogen (secondary N) is 2. The third-order valence-corrected chi connectivity index (χ3v) is 2.37. The minimum absolute atomic E-state index is 0.286. The van der Waals surface area contributed by atoms with Crippen molar-refractivity contribution in [2.75, 3.05) is 13.2 Å². The number of rotatable bonds is 6. The number of benzene rings is 1. The van der Waals surface area contributed by atoms with Crippen LogP contribution in [0.25, 0.3) is 0 Å². The molecule has 1 aromatic rings. The van der Waals surface area contributed by atoms with Gasteiger partial charge in [0.25, 0.3) is 5.91 Å². The van der Waals surface area contributed by atoms with E-state index in [1.165, 1.54) is 6.92 Å². The van der Waals surface area contributed by atoms with Crippen LogP contribution in [0, 0.1) is 5.92 Å². The van der Waals surface area contributed by atoms with Gasteiger partial charge >= 0.3 is 5.97 Å².